The van der Waals surface area contributed by atoms with Gasteiger partial charge >= 0.3 is 5.91 Å². The minimum absolute atomic E-state index is 0.00393. The molecule has 28 heavy (non-hydrogen) atoms. The zero-order valence-corrected chi connectivity index (χ0v) is 15.6. The highest BCUT2D eigenvalue weighted by molar-refractivity contribution is 7.92. The first-order valence-corrected chi connectivity index (χ1v) is 9.67. The molecule has 0 saturated heterocycles. The first-order valence-electron chi connectivity index (χ1n) is 8.19. The van der Waals surface area contributed by atoms with Crippen LogP contribution in [0.2, 0.25) is 0 Å². The van der Waals surface area contributed by atoms with Gasteiger partial charge in [-0.05, 0) is 55.5 Å². The SMILES string of the molecule is Cc1ccc(NS(=O)(=O)c2ccc(C(=O)NNC(=O)c3ccco3)cc2)cc1. The van der Waals surface area contributed by atoms with E-state index in [1.54, 1.807) is 30.3 Å². The van der Waals surface area contributed by atoms with Gasteiger partial charge in [-0.15, -0.1) is 0 Å². The Morgan fingerprint density at radius 1 is 0.857 bits per heavy atom. The van der Waals surface area contributed by atoms with Crippen LogP contribution in [0.1, 0.15) is 26.5 Å². The summed E-state index contributed by atoms with van der Waals surface area (Å²) >= 11 is 0. The Labute approximate surface area is 161 Å². The molecule has 8 nitrogen and oxygen atoms in total. The zero-order valence-electron chi connectivity index (χ0n) is 14.8. The van der Waals surface area contributed by atoms with Crippen LogP contribution in [-0.4, -0.2) is 20.2 Å². The summed E-state index contributed by atoms with van der Waals surface area (Å²) in [6.07, 6.45) is 1.33. The number of hydrazine groups is 1. The number of hydrogen-bond acceptors (Lipinski definition) is 5. The van der Waals surface area contributed by atoms with Gasteiger partial charge in [0.2, 0.25) is 0 Å². The predicted molar refractivity (Wildman–Crippen MR) is 102 cm³/mol. The maximum Gasteiger partial charge on any atom is 0.305 e. The first kappa shape index (κ1) is 19.2. The van der Waals surface area contributed by atoms with Crippen LogP contribution in [0.3, 0.4) is 0 Å². The minimum Gasteiger partial charge on any atom is -0.459 e. The fourth-order valence-corrected chi connectivity index (χ4v) is 3.33. The molecule has 0 saturated carbocycles. The van der Waals surface area contributed by atoms with E-state index >= 15 is 0 Å². The molecule has 2 aromatic carbocycles. The van der Waals surface area contributed by atoms with Crippen molar-refractivity contribution in [3.63, 3.8) is 0 Å². The van der Waals surface area contributed by atoms with Gasteiger partial charge in [-0.3, -0.25) is 25.2 Å². The van der Waals surface area contributed by atoms with E-state index in [-0.39, 0.29) is 16.2 Å². The quantitative estimate of drug-likeness (QED) is 0.570. The van der Waals surface area contributed by atoms with Crippen molar-refractivity contribution >= 4 is 27.5 Å². The smallest absolute Gasteiger partial charge is 0.305 e. The van der Waals surface area contributed by atoms with E-state index in [2.05, 4.69) is 15.6 Å². The van der Waals surface area contributed by atoms with Crippen LogP contribution in [0, 0.1) is 6.92 Å². The van der Waals surface area contributed by atoms with Gasteiger partial charge in [-0.1, -0.05) is 17.7 Å². The molecule has 3 N–H and O–H groups in total. The number of amides is 2. The number of hydrogen-bond donors (Lipinski definition) is 3. The van der Waals surface area contributed by atoms with E-state index in [9.17, 15) is 18.0 Å². The Morgan fingerprint density at radius 3 is 2.11 bits per heavy atom. The largest absolute Gasteiger partial charge is 0.459 e. The zero-order chi connectivity index (χ0) is 20.1. The number of aryl methyl sites for hydroxylation is 1. The van der Waals surface area contributed by atoms with E-state index in [0.717, 1.165) is 5.56 Å². The number of sulfonamides is 1. The molecule has 9 heteroatoms. The number of nitrogens with one attached hydrogen (secondary N) is 3. The van der Waals surface area contributed by atoms with Crippen molar-refractivity contribution in [1.82, 2.24) is 10.9 Å². The van der Waals surface area contributed by atoms with Crippen molar-refractivity contribution in [3.8, 4) is 0 Å². The third-order valence-electron chi connectivity index (χ3n) is 3.77. The highest BCUT2D eigenvalue weighted by Gasteiger charge is 2.16. The summed E-state index contributed by atoms with van der Waals surface area (Å²) in [7, 11) is -3.79. The van der Waals surface area contributed by atoms with Crippen LogP contribution >= 0.6 is 0 Å². The summed E-state index contributed by atoms with van der Waals surface area (Å²) in [5.74, 6) is -1.17. The number of furan rings is 1. The molecule has 0 radical (unpaired) electrons. The van der Waals surface area contributed by atoms with E-state index < -0.39 is 21.8 Å². The number of carbonyl (C=O) groups excluding carboxylic acids is 2. The molecule has 0 aliphatic carbocycles. The molecular weight excluding hydrogens is 382 g/mol. The van der Waals surface area contributed by atoms with Gasteiger partial charge in [-0.25, -0.2) is 8.42 Å². The summed E-state index contributed by atoms with van der Waals surface area (Å²) in [4.78, 5) is 23.8. The van der Waals surface area contributed by atoms with Crippen LogP contribution < -0.4 is 15.6 Å². The summed E-state index contributed by atoms with van der Waals surface area (Å²) in [6, 6.07) is 15.2. The lowest BCUT2D eigenvalue weighted by Gasteiger charge is -2.09. The molecule has 1 aromatic heterocycles. The van der Waals surface area contributed by atoms with Gasteiger partial charge in [0.05, 0.1) is 11.2 Å². The molecule has 144 valence electrons. The number of anilines is 1. The van der Waals surface area contributed by atoms with Crippen molar-refractivity contribution in [3.05, 3.63) is 83.8 Å². The summed E-state index contributed by atoms with van der Waals surface area (Å²) in [5.41, 5.74) is 6.05. The lowest BCUT2D eigenvalue weighted by molar-refractivity contribution is 0.0831. The molecule has 3 rings (SSSR count). The monoisotopic (exact) mass is 399 g/mol. The van der Waals surface area contributed by atoms with Crippen LogP contribution in [0.15, 0.2) is 76.2 Å². The first-order chi connectivity index (χ1) is 13.3. The fourth-order valence-electron chi connectivity index (χ4n) is 2.28. The third kappa shape index (κ3) is 4.57. The van der Waals surface area contributed by atoms with Crippen molar-refractivity contribution in [2.24, 2.45) is 0 Å². The lowest BCUT2D eigenvalue weighted by atomic mass is 10.2. The molecule has 1 heterocycles. The molecule has 0 unspecified atom stereocenters. The molecule has 2 amide bonds. The average molecular weight is 399 g/mol. The second-order valence-electron chi connectivity index (χ2n) is 5.88. The topological polar surface area (TPSA) is 118 Å². The maximum atomic E-state index is 12.4. The van der Waals surface area contributed by atoms with Crippen LogP contribution in [0.4, 0.5) is 5.69 Å². The highest BCUT2D eigenvalue weighted by atomic mass is 32.2. The second kappa shape index (κ2) is 7.97. The van der Waals surface area contributed by atoms with Gasteiger partial charge in [0, 0.05) is 11.3 Å². The van der Waals surface area contributed by atoms with Crippen LogP contribution in [0.5, 0.6) is 0 Å². The third-order valence-corrected chi connectivity index (χ3v) is 5.16. The van der Waals surface area contributed by atoms with Crippen molar-refractivity contribution in [2.75, 3.05) is 4.72 Å². The molecule has 3 aromatic rings. The molecule has 0 aliphatic rings. The Hall–Kier alpha value is -3.59. The number of benzene rings is 2. The van der Waals surface area contributed by atoms with E-state index in [0.29, 0.717) is 5.69 Å². The Kier molecular flexibility index (Phi) is 5.46. The Bertz CT molecular complexity index is 1070. The van der Waals surface area contributed by atoms with Crippen LogP contribution in [0.25, 0.3) is 0 Å². The molecular formula is C19H17N3O5S. The highest BCUT2D eigenvalue weighted by Crippen LogP contribution is 2.17. The predicted octanol–water partition coefficient (Wildman–Crippen LogP) is 2.46. The standard InChI is InChI=1S/C19H17N3O5S/c1-13-4-8-15(9-5-13)22-28(25,26)16-10-6-14(7-11-16)18(23)20-21-19(24)17-3-2-12-27-17/h2-12,22H,1H3,(H,20,23)(H,21,24). The van der Waals surface area contributed by atoms with Crippen LogP contribution in [-0.2, 0) is 10.0 Å². The van der Waals surface area contributed by atoms with Gasteiger partial charge in [0.15, 0.2) is 5.76 Å². The second-order valence-corrected chi connectivity index (χ2v) is 7.56. The van der Waals surface area contributed by atoms with Crippen molar-refractivity contribution < 1.29 is 22.4 Å². The minimum atomic E-state index is -3.79. The van der Waals surface area contributed by atoms with E-state index in [1.807, 2.05) is 6.92 Å². The van der Waals surface area contributed by atoms with Crippen molar-refractivity contribution in [2.45, 2.75) is 11.8 Å². The molecule has 0 aliphatic heterocycles. The number of rotatable bonds is 5. The molecule has 0 bridgehead atoms. The van der Waals surface area contributed by atoms with E-state index in [1.165, 1.54) is 36.6 Å². The fraction of sp³-hybridized carbons (Fsp3) is 0.0526. The molecule has 0 atom stereocenters. The number of carbonyl (C=O) groups is 2. The molecule has 0 fully saturated rings. The Morgan fingerprint density at radius 2 is 1.50 bits per heavy atom. The van der Waals surface area contributed by atoms with Crippen molar-refractivity contribution in [1.29, 1.82) is 0 Å². The summed E-state index contributed by atoms with van der Waals surface area (Å²) < 4.78 is 32.2. The summed E-state index contributed by atoms with van der Waals surface area (Å²) in [5, 5.41) is 0. The molecule has 0 spiro atoms. The average Bonchev–Trinajstić information content (AvgIpc) is 3.22. The van der Waals surface area contributed by atoms with E-state index in [4.69, 9.17) is 4.42 Å². The van der Waals surface area contributed by atoms with Gasteiger partial charge < -0.3 is 4.42 Å². The van der Waals surface area contributed by atoms with Gasteiger partial charge in [0.1, 0.15) is 0 Å². The normalized spacial score (nSPS) is 10.9. The maximum absolute atomic E-state index is 12.4. The lowest BCUT2D eigenvalue weighted by Crippen LogP contribution is -2.41. The van der Waals surface area contributed by atoms with Gasteiger partial charge in [0.25, 0.3) is 15.9 Å². The summed E-state index contributed by atoms with van der Waals surface area (Å²) in [6.45, 7) is 1.90. The van der Waals surface area contributed by atoms with Gasteiger partial charge in [-0.2, -0.15) is 0 Å². The Balaban J connectivity index is 1.64.